The molecule has 0 bridgehead atoms. The fraction of sp³-hybridized carbons (Fsp3) is 0.273. The van der Waals surface area contributed by atoms with Crippen LogP contribution in [0.4, 0.5) is 4.39 Å². The summed E-state index contributed by atoms with van der Waals surface area (Å²) in [5.41, 5.74) is 0.0738. The smallest absolute Gasteiger partial charge is 0.326 e. The van der Waals surface area contributed by atoms with E-state index in [0.717, 1.165) is 0 Å². The van der Waals surface area contributed by atoms with Crippen molar-refractivity contribution in [2.75, 3.05) is 0 Å². The monoisotopic (exact) mass is 303 g/mol. The largest absolute Gasteiger partial charge is 0.480 e. The van der Waals surface area contributed by atoms with Crippen molar-refractivity contribution >= 4 is 27.8 Å². The maximum absolute atomic E-state index is 13.2. The van der Waals surface area contributed by atoms with E-state index in [1.807, 2.05) is 0 Å². The second kappa shape index (κ2) is 5.77. The van der Waals surface area contributed by atoms with Crippen molar-refractivity contribution in [1.29, 1.82) is 0 Å². The minimum absolute atomic E-state index is 0.0257. The van der Waals surface area contributed by atoms with Crippen molar-refractivity contribution in [2.24, 2.45) is 0 Å². The van der Waals surface area contributed by atoms with Crippen LogP contribution in [0, 0.1) is 5.82 Å². The van der Waals surface area contributed by atoms with Gasteiger partial charge in [-0.25, -0.2) is 9.18 Å². The number of nitrogens with one attached hydrogen (secondary N) is 1. The SMILES string of the molecule is CC[C@H](NC(=O)c1cccc(F)c1Br)C(=O)O. The molecule has 1 rings (SSSR count). The molecule has 4 nitrogen and oxygen atoms in total. The van der Waals surface area contributed by atoms with Gasteiger partial charge in [-0.3, -0.25) is 4.79 Å². The zero-order valence-electron chi connectivity index (χ0n) is 9.04. The predicted molar refractivity (Wildman–Crippen MR) is 63.3 cm³/mol. The number of carbonyl (C=O) groups is 2. The maximum Gasteiger partial charge on any atom is 0.326 e. The fourth-order valence-corrected chi connectivity index (χ4v) is 1.70. The summed E-state index contributed by atoms with van der Waals surface area (Å²) in [5.74, 6) is -2.31. The molecule has 0 spiro atoms. The Kier molecular flexibility index (Phi) is 4.62. The molecule has 0 aliphatic carbocycles. The van der Waals surface area contributed by atoms with E-state index >= 15 is 0 Å². The van der Waals surface area contributed by atoms with Crippen LogP contribution < -0.4 is 5.32 Å². The van der Waals surface area contributed by atoms with Gasteiger partial charge in [-0.05, 0) is 34.5 Å². The van der Waals surface area contributed by atoms with E-state index < -0.39 is 23.7 Å². The Morgan fingerprint density at radius 1 is 1.53 bits per heavy atom. The number of halogens is 2. The van der Waals surface area contributed by atoms with Gasteiger partial charge in [0.15, 0.2) is 0 Å². The van der Waals surface area contributed by atoms with Gasteiger partial charge in [-0.15, -0.1) is 0 Å². The van der Waals surface area contributed by atoms with Gasteiger partial charge in [0.25, 0.3) is 5.91 Å². The second-order valence-electron chi connectivity index (χ2n) is 3.37. The lowest BCUT2D eigenvalue weighted by Crippen LogP contribution is -2.40. The first kappa shape index (κ1) is 13.6. The number of aliphatic carboxylic acids is 1. The van der Waals surface area contributed by atoms with Gasteiger partial charge in [-0.2, -0.15) is 0 Å². The molecule has 0 aliphatic rings. The van der Waals surface area contributed by atoms with Crippen LogP contribution in [0.15, 0.2) is 22.7 Å². The quantitative estimate of drug-likeness (QED) is 0.896. The first-order chi connectivity index (χ1) is 7.97. The van der Waals surface area contributed by atoms with Crippen molar-refractivity contribution in [3.8, 4) is 0 Å². The summed E-state index contributed by atoms with van der Waals surface area (Å²) in [6.45, 7) is 1.64. The average Bonchev–Trinajstić information content (AvgIpc) is 2.28. The Balaban J connectivity index is 2.90. The third-order valence-electron chi connectivity index (χ3n) is 2.21. The van der Waals surface area contributed by atoms with Gasteiger partial charge in [0, 0.05) is 0 Å². The van der Waals surface area contributed by atoms with Crippen LogP contribution in [0.25, 0.3) is 0 Å². The van der Waals surface area contributed by atoms with E-state index in [1.165, 1.54) is 18.2 Å². The van der Waals surface area contributed by atoms with Crippen LogP contribution in [0.3, 0.4) is 0 Å². The number of carboxylic acid groups (broad SMARTS) is 1. The molecule has 6 heteroatoms. The van der Waals surface area contributed by atoms with Crippen LogP contribution in [0.1, 0.15) is 23.7 Å². The van der Waals surface area contributed by atoms with Gasteiger partial charge >= 0.3 is 5.97 Å². The summed E-state index contributed by atoms with van der Waals surface area (Å²) in [5, 5.41) is 11.1. The number of rotatable bonds is 4. The molecular weight excluding hydrogens is 293 g/mol. The molecule has 0 radical (unpaired) electrons. The first-order valence-electron chi connectivity index (χ1n) is 4.95. The van der Waals surface area contributed by atoms with Crippen LogP contribution in [-0.2, 0) is 4.79 Å². The van der Waals surface area contributed by atoms with Crippen LogP contribution in [-0.4, -0.2) is 23.0 Å². The van der Waals surface area contributed by atoms with E-state index in [2.05, 4.69) is 21.2 Å². The molecule has 0 heterocycles. The van der Waals surface area contributed by atoms with Crippen LogP contribution in [0.2, 0.25) is 0 Å². The molecule has 1 amide bonds. The summed E-state index contributed by atoms with van der Waals surface area (Å²) in [6, 6.07) is 3.03. The Bertz CT molecular complexity index is 450. The van der Waals surface area contributed by atoms with Crippen molar-refractivity contribution < 1.29 is 19.1 Å². The van der Waals surface area contributed by atoms with E-state index in [9.17, 15) is 14.0 Å². The fourth-order valence-electron chi connectivity index (χ4n) is 1.25. The first-order valence-corrected chi connectivity index (χ1v) is 5.74. The third kappa shape index (κ3) is 3.26. The van der Waals surface area contributed by atoms with Crippen molar-refractivity contribution in [2.45, 2.75) is 19.4 Å². The molecule has 0 unspecified atom stereocenters. The van der Waals surface area contributed by atoms with E-state index in [0.29, 0.717) is 0 Å². The van der Waals surface area contributed by atoms with Crippen LogP contribution in [0.5, 0.6) is 0 Å². The molecule has 0 saturated heterocycles. The van der Waals surface area contributed by atoms with Gasteiger partial charge in [0.1, 0.15) is 11.9 Å². The lowest BCUT2D eigenvalue weighted by molar-refractivity contribution is -0.139. The summed E-state index contributed by atoms with van der Waals surface area (Å²) in [7, 11) is 0. The summed E-state index contributed by atoms with van der Waals surface area (Å²) < 4.78 is 13.2. The number of carbonyl (C=O) groups excluding carboxylic acids is 1. The normalized spacial score (nSPS) is 11.9. The number of benzene rings is 1. The molecule has 2 N–H and O–H groups in total. The lowest BCUT2D eigenvalue weighted by Gasteiger charge is -2.13. The van der Waals surface area contributed by atoms with Crippen LogP contribution >= 0.6 is 15.9 Å². The van der Waals surface area contributed by atoms with Gasteiger partial charge in [-0.1, -0.05) is 13.0 Å². The highest BCUT2D eigenvalue weighted by molar-refractivity contribution is 9.10. The molecule has 0 aromatic heterocycles. The molecule has 1 aromatic carbocycles. The predicted octanol–water partition coefficient (Wildman–Crippen LogP) is 2.18. The molecule has 0 fully saturated rings. The Morgan fingerprint density at radius 2 is 2.18 bits per heavy atom. The topological polar surface area (TPSA) is 66.4 Å². The minimum atomic E-state index is -1.12. The molecule has 0 saturated carbocycles. The zero-order valence-corrected chi connectivity index (χ0v) is 10.6. The van der Waals surface area contributed by atoms with Gasteiger partial charge in [0.2, 0.25) is 0 Å². The van der Waals surface area contributed by atoms with Gasteiger partial charge in [0.05, 0.1) is 10.0 Å². The Hall–Kier alpha value is -1.43. The number of hydrogen-bond donors (Lipinski definition) is 2. The summed E-state index contributed by atoms with van der Waals surface area (Å²) in [6.07, 6.45) is 0.258. The molecule has 17 heavy (non-hydrogen) atoms. The van der Waals surface area contributed by atoms with Gasteiger partial charge < -0.3 is 10.4 Å². The number of carboxylic acids is 1. The third-order valence-corrected chi connectivity index (χ3v) is 3.01. The van der Waals surface area contributed by atoms with Crippen molar-refractivity contribution in [1.82, 2.24) is 5.32 Å². The molecule has 92 valence electrons. The molecule has 1 atom stereocenters. The lowest BCUT2D eigenvalue weighted by atomic mass is 10.1. The highest BCUT2D eigenvalue weighted by atomic mass is 79.9. The van der Waals surface area contributed by atoms with Crippen molar-refractivity contribution in [3.05, 3.63) is 34.1 Å². The molecule has 1 aromatic rings. The number of hydrogen-bond acceptors (Lipinski definition) is 2. The minimum Gasteiger partial charge on any atom is -0.480 e. The Labute approximate surface area is 106 Å². The van der Waals surface area contributed by atoms with Crippen molar-refractivity contribution in [3.63, 3.8) is 0 Å². The van der Waals surface area contributed by atoms with E-state index in [-0.39, 0.29) is 16.5 Å². The zero-order chi connectivity index (χ0) is 13.0. The molecule has 0 aliphatic heterocycles. The highest BCUT2D eigenvalue weighted by Crippen LogP contribution is 2.20. The standard InChI is InChI=1S/C11H11BrFNO3/c1-2-8(11(16)17)14-10(15)6-4-3-5-7(13)9(6)12/h3-5,8H,2H2,1H3,(H,14,15)(H,16,17)/t8-/m0/s1. The molecular formula is C11H11BrFNO3. The van der Waals surface area contributed by atoms with E-state index in [4.69, 9.17) is 5.11 Å². The average molecular weight is 304 g/mol. The highest BCUT2D eigenvalue weighted by Gasteiger charge is 2.20. The Morgan fingerprint density at radius 3 is 2.71 bits per heavy atom. The summed E-state index contributed by atoms with van der Waals surface area (Å²) >= 11 is 2.95. The van der Waals surface area contributed by atoms with E-state index in [1.54, 1.807) is 6.92 Å². The maximum atomic E-state index is 13.2. The summed E-state index contributed by atoms with van der Waals surface area (Å²) in [4.78, 5) is 22.5. The number of amides is 1. The second-order valence-corrected chi connectivity index (χ2v) is 4.17.